The maximum absolute atomic E-state index is 12.8. The van der Waals surface area contributed by atoms with E-state index in [-0.39, 0.29) is 5.75 Å². The van der Waals surface area contributed by atoms with Gasteiger partial charge < -0.3 is 14.6 Å². The number of alkyl halides is 2. The predicted octanol–water partition coefficient (Wildman–Crippen LogP) is 2.68. The quantitative estimate of drug-likeness (QED) is 0.756. The molecule has 0 spiro atoms. The van der Waals surface area contributed by atoms with Gasteiger partial charge in [0.05, 0.1) is 0 Å². The lowest BCUT2D eigenvalue weighted by Crippen LogP contribution is -2.45. The number of rotatable bonds is 4. The minimum absolute atomic E-state index is 0.242. The number of ether oxygens (including phenoxy) is 1. The molecule has 0 N–H and O–H groups in total. The first-order chi connectivity index (χ1) is 9.38. The first-order valence-corrected chi connectivity index (χ1v) is 6.60. The number of carbonyl (C=O) groups is 1. The molecule has 0 fully saturated rings. The molecule has 2 rings (SSSR count). The molecule has 0 saturated carbocycles. The number of halogens is 3. The number of hydrogen-bond donors (Lipinski definition) is 0. The van der Waals surface area contributed by atoms with E-state index in [1.54, 1.807) is 12.1 Å². The lowest BCUT2D eigenvalue weighted by molar-refractivity contribution is -0.350. The topological polar surface area (TPSA) is 49.4 Å². The van der Waals surface area contributed by atoms with Crippen molar-refractivity contribution in [3.05, 3.63) is 52.1 Å². The summed E-state index contributed by atoms with van der Waals surface area (Å²) in [6.07, 6.45) is -4.34. The normalized spacial score (nSPS) is 11.2. The lowest BCUT2D eigenvalue weighted by atomic mass is 10.1. The van der Waals surface area contributed by atoms with Crippen LogP contribution >= 0.6 is 22.6 Å². The van der Waals surface area contributed by atoms with Crippen LogP contribution in [0, 0.1) is 3.57 Å². The summed E-state index contributed by atoms with van der Waals surface area (Å²) in [6.45, 7) is 0. The summed E-state index contributed by atoms with van der Waals surface area (Å²) in [5.41, 5.74) is 1.73. The Balaban J connectivity index is 2.18. The van der Waals surface area contributed by atoms with Crippen LogP contribution in [0.25, 0.3) is 11.1 Å². The number of carboxylic acid groups (broad SMARTS) is 1. The molecular weight excluding hydrogens is 381 g/mol. The molecule has 0 unspecified atom stereocenters. The smallest absolute Gasteiger partial charge is 0.441 e. The second-order valence-corrected chi connectivity index (χ2v) is 5.18. The number of carbonyl (C=O) groups excluding carboxylic acids is 1. The maximum atomic E-state index is 12.8. The molecule has 3 nitrogen and oxygen atoms in total. The van der Waals surface area contributed by atoms with Gasteiger partial charge in [-0.3, -0.25) is 0 Å². The summed E-state index contributed by atoms with van der Waals surface area (Å²) < 4.78 is 30.8. The van der Waals surface area contributed by atoms with Crippen molar-refractivity contribution in [1.29, 1.82) is 0 Å². The van der Waals surface area contributed by atoms with Gasteiger partial charge in [-0.1, -0.05) is 24.3 Å². The van der Waals surface area contributed by atoms with Gasteiger partial charge >= 0.3 is 6.11 Å². The average molecular weight is 389 g/mol. The first-order valence-electron chi connectivity index (χ1n) is 5.53. The molecule has 0 aromatic heterocycles. The standard InChI is InChI=1S/C14H9F2IO3/c15-14(16,13(18)19)20-12-7-3-10(4-8-12)9-1-5-11(17)6-2-9/h1-8H,(H,18,19)/p-1. The molecule has 0 bridgehead atoms. The van der Waals surface area contributed by atoms with Crippen LogP contribution in [0.2, 0.25) is 0 Å². The SMILES string of the molecule is O=C([O-])C(F)(F)Oc1ccc(-c2ccc(I)cc2)cc1. The van der Waals surface area contributed by atoms with E-state index in [1.807, 2.05) is 24.3 Å². The summed E-state index contributed by atoms with van der Waals surface area (Å²) in [4.78, 5) is 10.2. The molecule has 0 amide bonds. The van der Waals surface area contributed by atoms with Gasteiger partial charge in [0.25, 0.3) is 0 Å². The molecule has 0 radical (unpaired) electrons. The third kappa shape index (κ3) is 3.44. The van der Waals surface area contributed by atoms with Crippen molar-refractivity contribution in [2.24, 2.45) is 0 Å². The van der Waals surface area contributed by atoms with Gasteiger partial charge in [-0.05, 0) is 58.0 Å². The Morgan fingerprint density at radius 2 is 1.45 bits per heavy atom. The molecule has 0 aliphatic carbocycles. The van der Waals surface area contributed by atoms with E-state index in [0.717, 1.165) is 14.7 Å². The fourth-order valence-corrected chi connectivity index (χ4v) is 1.91. The van der Waals surface area contributed by atoms with E-state index in [4.69, 9.17) is 0 Å². The van der Waals surface area contributed by atoms with Gasteiger partial charge in [0.2, 0.25) is 0 Å². The summed E-state index contributed by atoms with van der Waals surface area (Å²) >= 11 is 2.18. The van der Waals surface area contributed by atoms with E-state index in [0.29, 0.717) is 0 Å². The Labute approximate surface area is 127 Å². The molecule has 0 heterocycles. The Hall–Kier alpha value is -1.70. The average Bonchev–Trinajstić information content (AvgIpc) is 2.40. The van der Waals surface area contributed by atoms with E-state index in [2.05, 4.69) is 27.3 Å². The molecule has 104 valence electrons. The number of aliphatic carboxylic acids is 1. The third-order valence-electron chi connectivity index (χ3n) is 2.52. The van der Waals surface area contributed by atoms with Crippen molar-refractivity contribution >= 4 is 28.6 Å². The zero-order valence-electron chi connectivity index (χ0n) is 9.98. The Morgan fingerprint density at radius 3 is 1.90 bits per heavy atom. The van der Waals surface area contributed by atoms with Gasteiger partial charge in [0, 0.05) is 3.57 Å². The molecule has 0 atom stereocenters. The van der Waals surface area contributed by atoms with Crippen LogP contribution in [0.4, 0.5) is 8.78 Å². The minimum Gasteiger partial charge on any atom is -0.541 e. The van der Waals surface area contributed by atoms with E-state index in [9.17, 15) is 18.7 Å². The maximum Gasteiger partial charge on any atom is 0.441 e. The van der Waals surface area contributed by atoms with E-state index < -0.39 is 12.1 Å². The largest absolute Gasteiger partial charge is 0.541 e. The Morgan fingerprint density at radius 1 is 1.00 bits per heavy atom. The Bertz CT molecular complexity index is 609. The van der Waals surface area contributed by atoms with Crippen LogP contribution in [0.5, 0.6) is 5.75 Å². The highest BCUT2D eigenvalue weighted by molar-refractivity contribution is 14.1. The molecule has 6 heteroatoms. The van der Waals surface area contributed by atoms with Crippen LogP contribution in [0.1, 0.15) is 0 Å². The van der Waals surface area contributed by atoms with Gasteiger partial charge in [-0.25, -0.2) is 0 Å². The molecular formula is C14H8F2IO3-. The highest BCUT2D eigenvalue weighted by Crippen LogP contribution is 2.26. The minimum atomic E-state index is -4.34. The van der Waals surface area contributed by atoms with Crippen molar-refractivity contribution in [3.63, 3.8) is 0 Å². The van der Waals surface area contributed by atoms with Gasteiger partial charge in [0.15, 0.2) is 5.97 Å². The van der Waals surface area contributed by atoms with Crippen molar-refractivity contribution in [3.8, 4) is 16.9 Å². The first kappa shape index (κ1) is 14.7. The van der Waals surface area contributed by atoms with Gasteiger partial charge in [0.1, 0.15) is 5.75 Å². The van der Waals surface area contributed by atoms with Gasteiger partial charge in [-0.15, -0.1) is 0 Å². The van der Waals surface area contributed by atoms with Crippen LogP contribution in [0.3, 0.4) is 0 Å². The monoisotopic (exact) mass is 389 g/mol. The lowest BCUT2D eigenvalue weighted by Gasteiger charge is -2.18. The number of carboxylic acids is 1. The molecule has 2 aromatic carbocycles. The summed E-state index contributed by atoms with van der Waals surface area (Å²) in [6, 6.07) is 13.3. The van der Waals surface area contributed by atoms with Crippen molar-refractivity contribution in [2.75, 3.05) is 0 Å². The molecule has 2 aromatic rings. The summed E-state index contributed by atoms with van der Waals surface area (Å²) in [5.74, 6) is -2.81. The van der Waals surface area contributed by atoms with Crippen molar-refractivity contribution < 1.29 is 23.4 Å². The molecule has 0 aliphatic rings. The van der Waals surface area contributed by atoms with Crippen molar-refractivity contribution in [1.82, 2.24) is 0 Å². The molecule has 0 saturated heterocycles. The van der Waals surface area contributed by atoms with Crippen molar-refractivity contribution in [2.45, 2.75) is 6.11 Å². The van der Waals surface area contributed by atoms with E-state index in [1.165, 1.54) is 12.1 Å². The van der Waals surface area contributed by atoms with Gasteiger partial charge in [-0.2, -0.15) is 8.78 Å². The van der Waals surface area contributed by atoms with Crippen LogP contribution in [-0.4, -0.2) is 12.1 Å². The van der Waals surface area contributed by atoms with E-state index >= 15 is 0 Å². The molecule has 20 heavy (non-hydrogen) atoms. The zero-order valence-corrected chi connectivity index (χ0v) is 12.1. The van der Waals surface area contributed by atoms with Crippen LogP contribution in [0.15, 0.2) is 48.5 Å². The fraction of sp³-hybridized carbons (Fsp3) is 0.0714. The zero-order chi connectivity index (χ0) is 14.8. The number of benzene rings is 2. The van der Waals surface area contributed by atoms with Crippen LogP contribution < -0.4 is 9.84 Å². The fourth-order valence-electron chi connectivity index (χ4n) is 1.55. The second-order valence-electron chi connectivity index (χ2n) is 3.94. The number of hydrogen-bond acceptors (Lipinski definition) is 3. The van der Waals surface area contributed by atoms with Crippen LogP contribution in [-0.2, 0) is 4.79 Å². The Kier molecular flexibility index (Phi) is 4.22. The highest BCUT2D eigenvalue weighted by Gasteiger charge is 2.33. The third-order valence-corrected chi connectivity index (χ3v) is 3.23. The predicted molar refractivity (Wildman–Crippen MR) is 75.2 cm³/mol. The summed E-state index contributed by atoms with van der Waals surface area (Å²) in [7, 11) is 0. The summed E-state index contributed by atoms with van der Waals surface area (Å²) in [5, 5.41) is 10.2. The second kappa shape index (κ2) is 5.74. The highest BCUT2D eigenvalue weighted by atomic mass is 127. The molecule has 0 aliphatic heterocycles.